The lowest BCUT2D eigenvalue weighted by Crippen LogP contribution is -2.53. The summed E-state index contributed by atoms with van der Waals surface area (Å²) in [4.78, 5) is 44.5. The van der Waals surface area contributed by atoms with Gasteiger partial charge in [0, 0.05) is 35.3 Å². The van der Waals surface area contributed by atoms with E-state index in [-0.39, 0.29) is 30.6 Å². The number of rotatable bonds is 9. The highest BCUT2D eigenvalue weighted by Gasteiger charge is 2.42. The molecule has 8 nitrogen and oxygen atoms in total. The van der Waals surface area contributed by atoms with Crippen LogP contribution in [0.5, 0.6) is 0 Å². The number of carboxylic acid groups (broad SMARTS) is 1. The van der Waals surface area contributed by atoms with E-state index >= 15 is 0 Å². The summed E-state index contributed by atoms with van der Waals surface area (Å²) in [7, 11) is 0. The normalized spacial score (nSPS) is 18.8. The number of carboxylic acids is 1. The van der Waals surface area contributed by atoms with Gasteiger partial charge in [-0.25, -0.2) is 9.78 Å². The number of carbonyl (C=O) groups is 1. The fraction of sp³-hybridized carbons (Fsp3) is 0.355. The van der Waals surface area contributed by atoms with E-state index in [0.717, 1.165) is 46.4 Å². The molecule has 8 heteroatoms. The van der Waals surface area contributed by atoms with Crippen LogP contribution in [0.1, 0.15) is 51.3 Å². The van der Waals surface area contributed by atoms with Crippen LogP contribution in [0.15, 0.2) is 64.2 Å². The van der Waals surface area contributed by atoms with Gasteiger partial charge in [-0.1, -0.05) is 43.3 Å². The molecule has 3 aromatic carbocycles. The lowest BCUT2D eigenvalue weighted by molar-refractivity contribution is -0.142. The first kappa shape index (κ1) is 26.4. The van der Waals surface area contributed by atoms with Gasteiger partial charge >= 0.3 is 5.97 Å². The minimum atomic E-state index is -1.44. The van der Waals surface area contributed by atoms with E-state index in [2.05, 4.69) is 15.6 Å². The van der Waals surface area contributed by atoms with E-state index in [1.807, 2.05) is 80.3 Å². The third-order valence-corrected chi connectivity index (χ3v) is 8.06. The maximum atomic E-state index is 12.6. The molecule has 4 aromatic rings. The molecule has 2 heterocycles. The van der Waals surface area contributed by atoms with E-state index in [9.17, 15) is 19.5 Å². The Morgan fingerprint density at radius 2 is 1.72 bits per heavy atom. The fourth-order valence-corrected chi connectivity index (χ4v) is 5.77. The first-order chi connectivity index (χ1) is 18.6. The highest BCUT2D eigenvalue weighted by molar-refractivity contribution is 5.93. The average molecular weight is 527 g/mol. The van der Waals surface area contributed by atoms with Crippen molar-refractivity contribution in [3.63, 3.8) is 0 Å². The van der Waals surface area contributed by atoms with Crippen molar-refractivity contribution < 1.29 is 9.90 Å². The van der Waals surface area contributed by atoms with Crippen molar-refractivity contribution in [2.24, 2.45) is 0 Å². The molecule has 0 aliphatic carbocycles. The van der Waals surface area contributed by atoms with Gasteiger partial charge in [-0.3, -0.25) is 9.59 Å². The van der Waals surface area contributed by atoms with Crippen molar-refractivity contribution in [3.05, 3.63) is 86.3 Å². The van der Waals surface area contributed by atoms with Crippen LogP contribution in [-0.4, -0.2) is 33.7 Å². The summed E-state index contributed by atoms with van der Waals surface area (Å²) in [6, 6.07) is 17.9. The topological polar surface area (TPSA) is 112 Å². The molecule has 1 aliphatic rings. The van der Waals surface area contributed by atoms with Gasteiger partial charge in [-0.15, -0.1) is 0 Å². The standard InChI is InChI=1S/C31H34N4O4/c1-5-31(30(38)39,34-25-26(28(37)27(25)36)35-19(3)10-11-20(35)4)17-21-12-14-23(15-13-21)33-29-24-9-7-6-8-22(24)16-18(2)32-29/h6-9,12-16,19-20,34H,5,10-11,17H2,1-4H3,(H,32,33)(H,38,39)/t19-,20-,31-/m0/s1. The molecule has 0 radical (unpaired) electrons. The number of fused-ring (bicyclic) bond motifs is 1. The highest BCUT2D eigenvalue weighted by Crippen LogP contribution is 2.35. The zero-order valence-corrected chi connectivity index (χ0v) is 22.7. The Kier molecular flexibility index (Phi) is 6.89. The predicted octanol–water partition coefficient (Wildman–Crippen LogP) is 5.15. The fourth-order valence-electron chi connectivity index (χ4n) is 5.77. The Hall–Kier alpha value is -4.20. The molecule has 202 valence electrons. The molecule has 1 aliphatic heterocycles. The summed E-state index contributed by atoms with van der Waals surface area (Å²) in [5.74, 6) is -0.310. The van der Waals surface area contributed by atoms with Crippen LogP contribution >= 0.6 is 0 Å². The molecule has 1 aromatic heterocycles. The van der Waals surface area contributed by atoms with Gasteiger partial charge in [0.1, 0.15) is 22.7 Å². The number of aromatic nitrogens is 1. The zero-order valence-electron chi connectivity index (χ0n) is 22.7. The Morgan fingerprint density at radius 3 is 2.36 bits per heavy atom. The van der Waals surface area contributed by atoms with Crippen molar-refractivity contribution in [2.45, 2.75) is 71.0 Å². The largest absolute Gasteiger partial charge is 0.479 e. The number of aliphatic carboxylic acids is 1. The van der Waals surface area contributed by atoms with Crippen LogP contribution in [0, 0.1) is 6.92 Å². The Balaban J connectivity index is 1.40. The second kappa shape index (κ2) is 10.2. The molecular weight excluding hydrogens is 492 g/mol. The van der Waals surface area contributed by atoms with Crippen LogP contribution in [0.2, 0.25) is 0 Å². The van der Waals surface area contributed by atoms with E-state index in [0.29, 0.717) is 5.69 Å². The lowest BCUT2D eigenvalue weighted by atomic mass is 9.87. The summed E-state index contributed by atoms with van der Waals surface area (Å²) in [6.45, 7) is 7.78. The zero-order chi connectivity index (χ0) is 27.9. The quantitative estimate of drug-likeness (QED) is 0.257. The average Bonchev–Trinajstić information content (AvgIpc) is 3.25. The first-order valence-corrected chi connectivity index (χ1v) is 13.5. The van der Waals surface area contributed by atoms with E-state index in [1.165, 1.54) is 0 Å². The summed E-state index contributed by atoms with van der Waals surface area (Å²) < 4.78 is 0. The van der Waals surface area contributed by atoms with Gasteiger partial charge in [-0.2, -0.15) is 0 Å². The molecule has 39 heavy (non-hydrogen) atoms. The summed E-state index contributed by atoms with van der Waals surface area (Å²) >= 11 is 0. The van der Waals surface area contributed by atoms with E-state index in [1.54, 1.807) is 6.92 Å². The SMILES string of the molecule is CC[C@@](Cc1ccc(Nc2nc(C)cc3ccccc23)cc1)(Nc1c(N2[C@@H](C)CC[C@@H]2C)c(=O)c1=O)C(=O)O. The number of hydrogen-bond donors (Lipinski definition) is 3. The molecule has 1 saturated heterocycles. The van der Waals surface area contributed by atoms with Gasteiger partial charge in [0.15, 0.2) is 0 Å². The minimum absolute atomic E-state index is 0.116. The number of nitrogens with one attached hydrogen (secondary N) is 2. The maximum absolute atomic E-state index is 12.6. The van der Waals surface area contributed by atoms with Crippen LogP contribution in [0.25, 0.3) is 10.8 Å². The summed E-state index contributed by atoms with van der Waals surface area (Å²) in [6.07, 6.45) is 2.22. The number of aryl methyl sites for hydroxylation is 1. The van der Waals surface area contributed by atoms with Gasteiger partial charge in [0.25, 0.3) is 10.9 Å². The first-order valence-electron chi connectivity index (χ1n) is 13.5. The van der Waals surface area contributed by atoms with Crippen LogP contribution in [0.3, 0.4) is 0 Å². The summed E-state index contributed by atoms with van der Waals surface area (Å²) in [5.41, 5.74) is 0.357. The van der Waals surface area contributed by atoms with Gasteiger partial charge in [-0.05, 0) is 69.2 Å². The second-order valence-electron chi connectivity index (χ2n) is 10.8. The number of nitrogens with zero attached hydrogens (tertiary/aromatic N) is 2. The molecule has 0 unspecified atom stereocenters. The van der Waals surface area contributed by atoms with Crippen molar-refractivity contribution >= 4 is 39.6 Å². The maximum Gasteiger partial charge on any atom is 0.329 e. The number of hydrogen-bond acceptors (Lipinski definition) is 7. The molecule has 3 N–H and O–H groups in total. The molecule has 1 fully saturated rings. The minimum Gasteiger partial charge on any atom is -0.479 e. The van der Waals surface area contributed by atoms with Gasteiger partial charge in [0.05, 0.1) is 0 Å². The third kappa shape index (κ3) is 4.75. The Bertz CT molecular complexity index is 1600. The van der Waals surface area contributed by atoms with Crippen LogP contribution < -0.4 is 26.4 Å². The second-order valence-corrected chi connectivity index (χ2v) is 10.8. The number of anilines is 4. The molecule has 0 spiro atoms. The van der Waals surface area contributed by atoms with Crippen molar-refractivity contribution in [2.75, 3.05) is 15.5 Å². The van der Waals surface area contributed by atoms with E-state index < -0.39 is 22.4 Å². The van der Waals surface area contributed by atoms with Crippen molar-refractivity contribution in [3.8, 4) is 0 Å². The predicted molar refractivity (Wildman–Crippen MR) is 156 cm³/mol. The molecule has 3 atom stereocenters. The third-order valence-electron chi connectivity index (χ3n) is 8.06. The molecule has 0 amide bonds. The lowest BCUT2D eigenvalue weighted by Gasteiger charge is -2.36. The number of benzene rings is 2. The van der Waals surface area contributed by atoms with E-state index in [4.69, 9.17) is 0 Å². The summed E-state index contributed by atoms with van der Waals surface area (Å²) in [5, 5.41) is 18.8. The molecule has 0 saturated carbocycles. The van der Waals surface area contributed by atoms with Crippen molar-refractivity contribution in [1.82, 2.24) is 4.98 Å². The Morgan fingerprint density at radius 1 is 1.05 bits per heavy atom. The van der Waals surface area contributed by atoms with Crippen LogP contribution in [-0.2, 0) is 11.2 Å². The number of pyridine rings is 1. The smallest absolute Gasteiger partial charge is 0.329 e. The monoisotopic (exact) mass is 526 g/mol. The highest BCUT2D eigenvalue weighted by atomic mass is 16.4. The van der Waals surface area contributed by atoms with Crippen LogP contribution in [0.4, 0.5) is 22.9 Å². The molecule has 0 bridgehead atoms. The Labute approximate surface area is 227 Å². The van der Waals surface area contributed by atoms with Gasteiger partial charge < -0.3 is 20.6 Å². The van der Waals surface area contributed by atoms with Gasteiger partial charge in [0.2, 0.25) is 0 Å². The molecule has 5 rings (SSSR count). The molecular formula is C31H34N4O4. The van der Waals surface area contributed by atoms with Crippen molar-refractivity contribution in [1.29, 1.82) is 0 Å².